The normalized spacial score (nSPS) is 15.4. The quantitative estimate of drug-likeness (QED) is 0.841. The molecule has 1 aromatic carbocycles. The fourth-order valence-electron chi connectivity index (χ4n) is 2.33. The van der Waals surface area contributed by atoms with Gasteiger partial charge < -0.3 is 15.3 Å². The molecule has 0 atom stereocenters. The van der Waals surface area contributed by atoms with Crippen LogP contribution in [0.4, 0.5) is 10.1 Å². The largest absolute Gasteiger partial charge is 0.395 e. The summed E-state index contributed by atoms with van der Waals surface area (Å²) in [6.07, 6.45) is 2.31. The second kappa shape index (κ2) is 6.10. The molecule has 0 amide bonds. The molecule has 4 heteroatoms. The van der Waals surface area contributed by atoms with Crippen molar-refractivity contribution in [1.29, 1.82) is 0 Å². The molecule has 1 fully saturated rings. The van der Waals surface area contributed by atoms with Crippen LogP contribution in [0.3, 0.4) is 0 Å². The summed E-state index contributed by atoms with van der Waals surface area (Å²) in [5, 5.41) is 12.7. The number of rotatable bonds is 6. The van der Waals surface area contributed by atoms with E-state index in [9.17, 15) is 9.50 Å². The van der Waals surface area contributed by atoms with Crippen LogP contribution in [0, 0.1) is 5.82 Å². The number of aliphatic hydroxyl groups excluding tert-OH is 1. The second-order valence-electron chi connectivity index (χ2n) is 6.52. The third-order valence-corrected chi connectivity index (χ3v) is 3.49. The van der Waals surface area contributed by atoms with Crippen LogP contribution in [0.5, 0.6) is 0 Å². The smallest absolute Gasteiger partial charge is 0.123 e. The van der Waals surface area contributed by atoms with Gasteiger partial charge in [0.15, 0.2) is 0 Å². The number of anilines is 1. The maximum absolute atomic E-state index is 13.5. The molecular formula is C16H25FN2O. The average Bonchev–Trinajstić information content (AvgIpc) is 3.17. The summed E-state index contributed by atoms with van der Waals surface area (Å²) in [6.45, 7) is 7.65. The van der Waals surface area contributed by atoms with Crippen molar-refractivity contribution in [3.8, 4) is 0 Å². The molecule has 0 heterocycles. The van der Waals surface area contributed by atoms with Gasteiger partial charge in [0, 0.05) is 30.4 Å². The van der Waals surface area contributed by atoms with Gasteiger partial charge in [0.05, 0.1) is 6.61 Å². The van der Waals surface area contributed by atoms with Gasteiger partial charge in [-0.2, -0.15) is 0 Å². The molecule has 1 aromatic rings. The van der Waals surface area contributed by atoms with Crippen molar-refractivity contribution in [2.75, 3.05) is 18.1 Å². The number of hydrogen-bond donors (Lipinski definition) is 2. The number of nitrogens with one attached hydrogen (secondary N) is 1. The molecule has 0 unspecified atom stereocenters. The van der Waals surface area contributed by atoms with E-state index in [0.29, 0.717) is 19.1 Å². The highest BCUT2D eigenvalue weighted by Crippen LogP contribution is 2.33. The van der Waals surface area contributed by atoms with E-state index in [0.717, 1.165) is 24.1 Å². The molecular weight excluding hydrogens is 255 g/mol. The minimum Gasteiger partial charge on any atom is -0.395 e. The van der Waals surface area contributed by atoms with Crippen molar-refractivity contribution in [3.05, 3.63) is 29.6 Å². The van der Waals surface area contributed by atoms with Crippen LogP contribution in [-0.2, 0) is 6.54 Å². The average molecular weight is 280 g/mol. The Morgan fingerprint density at radius 1 is 1.35 bits per heavy atom. The molecule has 1 aliphatic carbocycles. The lowest BCUT2D eigenvalue weighted by Gasteiger charge is -2.28. The van der Waals surface area contributed by atoms with Gasteiger partial charge >= 0.3 is 0 Å². The van der Waals surface area contributed by atoms with Gasteiger partial charge in [-0.25, -0.2) is 4.39 Å². The Kier molecular flexibility index (Phi) is 4.66. The van der Waals surface area contributed by atoms with E-state index in [-0.39, 0.29) is 18.0 Å². The van der Waals surface area contributed by atoms with Crippen LogP contribution in [-0.4, -0.2) is 29.8 Å². The fraction of sp³-hybridized carbons (Fsp3) is 0.625. The summed E-state index contributed by atoms with van der Waals surface area (Å²) < 4.78 is 13.5. The molecule has 1 aliphatic rings. The molecule has 20 heavy (non-hydrogen) atoms. The van der Waals surface area contributed by atoms with Crippen molar-refractivity contribution in [2.24, 2.45) is 0 Å². The van der Waals surface area contributed by atoms with Gasteiger partial charge in [0.1, 0.15) is 5.82 Å². The van der Waals surface area contributed by atoms with E-state index < -0.39 is 0 Å². The molecule has 2 rings (SSSR count). The first kappa shape index (κ1) is 15.3. The van der Waals surface area contributed by atoms with Crippen LogP contribution in [0.15, 0.2) is 18.2 Å². The lowest BCUT2D eigenvalue weighted by atomic mass is 10.1. The van der Waals surface area contributed by atoms with E-state index in [1.807, 2.05) is 6.07 Å². The first-order chi connectivity index (χ1) is 9.40. The molecule has 2 N–H and O–H groups in total. The van der Waals surface area contributed by atoms with Crippen molar-refractivity contribution in [1.82, 2.24) is 5.32 Å². The Balaban J connectivity index is 2.21. The third-order valence-electron chi connectivity index (χ3n) is 3.49. The Morgan fingerprint density at radius 2 is 2.05 bits per heavy atom. The number of nitrogens with zero attached hydrogens (tertiary/aromatic N) is 1. The summed E-state index contributed by atoms with van der Waals surface area (Å²) in [7, 11) is 0. The first-order valence-electron chi connectivity index (χ1n) is 7.31. The second-order valence-corrected chi connectivity index (χ2v) is 6.52. The van der Waals surface area contributed by atoms with Crippen molar-refractivity contribution in [2.45, 2.75) is 51.7 Å². The predicted octanol–water partition coefficient (Wildman–Crippen LogP) is 2.67. The summed E-state index contributed by atoms with van der Waals surface area (Å²) in [6, 6.07) is 5.44. The van der Waals surface area contributed by atoms with Crippen LogP contribution in [0.25, 0.3) is 0 Å². The zero-order valence-corrected chi connectivity index (χ0v) is 12.6. The van der Waals surface area contributed by atoms with Gasteiger partial charge in [0.2, 0.25) is 0 Å². The highest BCUT2D eigenvalue weighted by atomic mass is 19.1. The van der Waals surface area contributed by atoms with E-state index in [1.54, 1.807) is 6.07 Å². The Hall–Kier alpha value is -1.13. The molecule has 0 aliphatic heterocycles. The molecule has 0 spiro atoms. The van der Waals surface area contributed by atoms with Crippen LogP contribution < -0.4 is 10.2 Å². The highest BCUT2D eigenvalue weighted by molar-refractivity contribution is 5.55. The number of halogens is 1. The lowest BCUT2D eigenvalue weighted by molar-refractivity contribution is 0.301. The van der Waals surface area contributed by atoms with E-state index in [1.165, 1.54) is 6.07 Å². The molecule has 0 saturated heterocycles. The molecule has 0 bridgehead atoms. The lowest BCUT2D eigenvalue weighted by Crippen LogP contribution is -2.36. The van der Waals surface area contributed by atoms with Gasteiger partial charge in [-0.05, 0) is 57.4 Å². The summed E-state index contributed by atoms with van der Waals surface area (Å²) in [4.78, 5) is 2.21. The number of aliphatic hydroxyl groups is 1. The summed E-state index contributed by atoms with van der Waals surface area (Å²) in [5.74, 6) is -0.209. The van der Waals surface area contributed by atoms with Gasteiger partial charge in [-0.1, -0.05) is 0 Å². The van der Waals surface area contributed by atoms with Gasteiger partial charge in [0.25, 0.3) is 0 Å². The standard InChI is InChI=1S/C16H25FN2O/c1-16(2,3)18-11-12-10-13(17)4-7-15(12)19(8-9-20)14-5-6-14/h4,7,10,14,18,20H,5-6,8-9,11H2,1-3H3. The maximum Gasteiger partial charge on any atom is 0.123 e. The highest BCUT2D eigenvalue weighted by Gasteiger charge is 2.30. The third kappa shape index (κ3) is 4.18. The molecule has 0 radical (unpaired) electrons. The Labute approximate surface area is 120 Å². The fourth-order valence-corrected chi connectivity index (χ4v) is 2.33. The molecule has 1 saturated carbocycles. The van der Waals surface area contributed by atoms with Gasteiger partial charge in [-0.15, -0.1) is 0 Å². The topological polar surface area (TPSA) is 35.5 Å². The maximum atomic E-state index is 13.5. The van der Waals surface area contributed by atoms with Crippen molar-refractivity contribution < 1.29 is 9.50 Å². The molecule has 0 aromatic heterocycles. The predicted molar refractivity (Wildman–Crippen MR) is 80.4 cm³/mol. The summed E-state index contributed by atoms with van der Waals surface area (Å²) in [5.41, 5.74) is 1.99. The van der Waals surface area contributed by atoms with E-state index in [2.05, 4.69) is 31.0 Å². The molecule has 112 valence electrons. The Morgan fingerprint density at radius 3 is 2.60 bits per heavy atom. The minimum absolute atomic E-state index is 0.00895. The van der Waals surface area contributed by atoms with E-state index in [4.69, 9.17) is 0 Å². The zero-order valence-electron chi connectivity index (χ0n) is 12.6. The first-order valence-corrected chi connectivity index (χ1v) is 7.31. The minimum atomic E-state index is -0.209. The van der Waals surface area contributed by atoms with E-state index >= 15 is 0 Å². The van der Waals surface area contributed by atoms with Crippen molar-refractivity contribution in [3.63, 3.8) is 0 Å². The van der Waals surface area contributed by atoms with Crippen LogP contribution in [0.1, 0.15) is 39.2 Å². The van der Waals surface area contributed by atoms with Crippen molar-refractivity contribution >= 4 is 5.69 Å². The summed E-state index contributed by atoms with van der Waals surface area (Å²) >= 11 is 0. The Bertz CT molecular complexity index is 452. The van der Waals surface area contributed by atoms with Gasteiger partial charge in [-0.3, -0.25) is 0 Å². The number of benzene rings is 1. The SMILES string of the molecule is CC(C)(C)NCc1cc(F)ccc1N(CCO)C1CC1. The van der Waals surface area contributed by atoms with Crippen LogP contribution in [0.2, 0.25) is 0 Å². The van der Waals surface area contributed by atoms with Crippen LogP contribution >= 0.6 is 0 Å². The number of hydrogen-bond acceptors (Lipinski definition) is 3. The monoisotopic (exact) mass is 280 g/mol. The zero-order chi connectivity index (χ0) is 14.8. The molecule has 3 nitrogen and oxygen atoms in total.